The van der Waals surface area contributed by atoms with Crippen LogP contribution in [0.25, 0.3) is 0 Å². The van der Waals surface area contributed by atoms with Crippen molar-refractivity contribution in [2.45, 2.75) is 6.04 Å². The average molecular weight is 387 g/mol. The second-order valence-electron chi connectivity index (χ2n) is 6.64. The Kier molecular flexibility index (Phi) is 5.92. The third-order valence-corrected chi connectivity index (χ3v) is 4.96. The summed E-state index contributed by atoms with van der Waals surface area (Å²) in [6.45, 7) is 2.77. The van der Waals surface area contributed by atoms with Crippen LogP contribution in [0.2, 0.25) is 0 Å². The number of ether oxygens (including phenoxy) is 1. The highest BCUT2D eigenvalue weighted by molar-refractivity contribution is 5.51. The number of morpholine rings is 1. The van der Waals surface area contributed by atoms with Crippen LogP contribution in [-0.4, -0.2) is 46.9 Å². The molecule has 0 aliphatic carbocycles. The first kappa shape index (κ1) is 19.8. The Balaban J connectivity index is 1.96. The summed E-state index contributed by atoms with van der Waals surface area (Å²) in [4.78, 5) is 26.7. The van der Waals surface area contributed by atoms with E-state index in [1.807, 2.05) is 12.1 Å². The molecular weight excluding hydrogens is 365 g/mol. The number of hydrogen-bond acceptors (Lipinski definition) is 6. The van der Waals surface area contributed by atoms with Gasteiger partial charge in [-0.25, -0.2) is 9.18 Å². The lowest BCUT2D eigenvalue weighted by atomic mass is 10.0. The number of anilines is 1. The van der Waals surface area contributed by atoms with Crippen LogP contribution in [0, 0.1) is 17.1 Å². The quantitative estimate of drug-likeness (QED) is 0.807. The fourth-order valence-corrected chi connectivity index (χ4v) is 3.41. The standard InChI is InChI=1S/C19H22FN5O3/c1-23-17(15(11-21)18(26)24(2)19(23)27)22-12-16(25-6-8-28-9-7-25)13-4-3-5-14(20)10-13/h3-5,10,16,22H,6-9,12H2,1-2H3. The molecule has 8 nitrogen and oxygen atoms in total. The second-order valence-corrected chi connectivity index (χ2v) is 6.64. The third kappa shape index (κ3) is 3.83. The predicted octanol–water partition coefficient (Wildman–Crippen LogP) is 0.580. The van der Waals surface area contributed by atoms with E-state index in [4.69, 9.17) is 4.74 Å². The first-order valence-electron chi connectivity index (χ1n) is 8.95. The summed E-state index contributed by atoms with van der Waals surface area (Å²) in [7, 11) is 2.83. The third-order valence-electron chi connectivity index (χ3n) is 4.96. The summed E-state index contributed by atoms with van der Waals surface area (Å²) < 4.78 is 21.3. The molecule has 1 N–H and O–H groups in total. The van der Waals surface area contributed by atoms with Crippen molar-refractivity contribution in [1.29, 1.82) is 5.26 Å². The molecule has 1 aliphatic heterocycles. The fraction of sp³-hybridized carbons (Fsp3) is 0.421. The first-order valence-corrected chi connectivity index (χ1v) is 8.95. The molecule has 1 aliphatic rings. The number of halogens is 1. The minimum Gasteiger partial charge on any atom is -0.379 e. The van der Waals surface area contributed by atoms with Gasteiger partial charge in [0.05, 0.1) is 19.3 Å². The number of nitriles is 1. The molecule has 0 bridgehead atoms. The maximum absolute atomic E-state index is 13.8. The van der Waals surface area contributed by atoms with E-state index < -0.39 is 11.2 Å². The Morgan fingerprint density at radius 3 is 2.61 bits per heavy atom. The van der Waals surface area contributed by atoms with Crippen LogP contribution in [0.4, 0.5) is 10.2 Å². The van der Waals surface area contributed by atoms with Crippen molar-refractivity contribution in [3.05, 3.63) is 62.0 Å². The van der Waals surface area contributed by atoms with E-state index in [2.05, 4.69) is 10.2 Å². The Morgan fingerprint density at radius 1 is 1.25 bits per heavy atom. The molecule has 1 aromatic heterocycles. The molecule has 148 valence electrons. The van der Waals surface area contributed by atoms with Crippen LogP contribution >= 0.6 is 0 Å². The van der Waals surface area contributed by atoms with Gasteiger partial charge in [0.2, 0.25) is 0 Å². The minimum atomic E-state index is -0.651. The monoisotopic (exact) mass is 387 g/mol. The zero-order valence-electron chi connectivity index (χ0n) is 15.8. The van der Waals surface area contributed by atoms with Crippen LogP contribution in [0.3, 0.4) is 0 Å². The summed E-state index contributed by atoms with van der Waals surface area (Å²) in [6.07, 6.45) is 0. The molecule has 0 amide bonds. The molecule has 1 saturated heterocycles. The van der Waals surface area contributed by atoms with E-state index in [9.17, 15) is 19.2 Å². The van der Waals surface area contributed by atoms with E-state index in [1.54, 1.807) is 6.07 Å². The summed E-state index contributed by atoms with van der Waals surface area (Å²) in [6, 6.07) is 7.99. The lowest BCUT2D eigenvalue weighted by Gasteiger charge is -2.35. The Bertz CT molecular complexity index is 1020. The van der Waals surface area contributed by atoms with Crippen LogP contribution in [0.15, 0.2) is 33.9 Å². The van der Waals surface area contributed by atoms with Gasteiger partial charge in [0, 0.05) is 33.7 Å². The molecule has 9 heteroatoms. The normalized spacial score (nSPS) is 15.8. The number of aromatic nitrogens is 2. The predicted molar refractivity (Wildman–Crippen MR) is 102 cm³/mol. The van der Waals surface area contributed by atoms with Crippen molar-refractivity contribution < 1.29 is 9.13 Å². The van der Waals surface area contributed by atoms with Crippen molar-refractivity contribution in [1.82, 2.24) is 14.0 Å². The van der Waals surface area contributed by atoms with Crippen molar-refractivity contribution >= 4 is 5.82 Å². The molecule has 0 saturated carbocycles. The molecule has 2 aromatic rings. The molecule has 3 rings (SSSR count). The van der Waals surface area contributed by atoms with Gasteiger partial charge in [0.1, 0.15) is 17.7 Å². The summed E-state index contributed by atoms with van der Waals surface area (Å²) in [5.74, 6) is -0.181. The number of nitrogens with one attached hydrogen (secondary N) is 1. The molecule has 1 fully saturated rings. The van der Waals surface area contributed by atoms with Gasteiger partial charge in [-0.3, -0.25) is 18.8 Å². The van der Waals surface area contributed by atoms with Gasteiger partial charge in [0.15, 0.2) is 5.56 Å². The molecule has 0 spiro atoms. The van der Waals surface area contributed by atoms with Crippen molar-refractivity contribution in [3.63, 3.8) is 0 Å². The van der Waals surface area contributed by atoms with Gasteiger partial charge in [-0.15, -0.1) is 0 Å². The minimum absolute atomic E-state index is 0.135. The number of hydrogen-bond donors (Lipinski definition) is 1. The van der Waals surface area contributed by atoms with Gasteiger partial charge in [-0.1, -0.05) is 12.1 Å². The lowest BCUT2D eigenvalue weighted by molar-refractivity contribution is 0.0186. The number of rotatable bonds is 5. The maximum atomic E-state index is 13.8. The van der Waals surface area contributed by atoms with Gasteiger partial charge in [-0.2, -0.15) is 5.26 Å². The maximum Gasteiger partial charge on any atom is 0.332 e. The number of nitrogens with zero attached hydrogens (tertiary/aromatic N) is 4. The number of benzene rings is 1. The first-order chi connectivity index (χ1) is 13.4. The SMILES string of the molecule is Cn1c(NCC(c2cccc(F)c2)N2CCOCC2)c(C#N)c(=O)n(C)c1=O. The van der Waals surface area contributed by atoms with E-state index in [0.29, 0.717) is 32.8 Å². The van der Waals surface area contributed by atoms with Crippen LogP contribution < -0.4 is 16.6 Å². The van der Waals surface area contributed by atoms with E-state index in [-0.39, 0.29) is 23.2 Å². The molecule has 2 heterocycles. The lowest BCUT2D eigenvalue weighted by Crippen LogP contribution is -2.43. The highest BCUT2D eigenvalue weighted by Crippen LogP contribution is 2.23. The Morgan fingerprint density at radius 2 is 1.96 bits per heavy atom. The molecular formula is C19H22FN5O3. The average Bonchev–Trinajstić information content (AvgIpc) is 2.71. The van der Waals surface area contributed by atoms with Crippen LogP contribution in [0.1, 0.15) is 17.2 Å². The highest BCUT2D eigenvalue weighted by Gasteiger charge is 2.24. The highest BCUT2D eigenvalue weighted by atomic mass is 19.1. The van der Waals surface area contributed by atoms with E-state index >= 15 is 0 Å². The molecule has 1 unspecified atom stereocenters. The van der Waals surface area contributed by atoms with Gasteiger partial charge >= 0.3 is 5.69 Å². The van der Waals surface area contributed by atoms with Gasteiger partial charge in [0.25, 0.3) is 5.56 Å². The second kappa shape index (κ2) is 8.37. The van der Waals surface area contributed by atoms with E-state index in [0.717, 1.165) is 10.1 Å². The van der Waals surface area contributed by atoms with Crippen molar-refractivity contribution in [2.75, 3.05) is 38.2 Å². The van der Waals surface area contributed by atoms with Crippen molar-refractivity contribution in [2.24, 2.45) is 14.1 Å². The Labute approximate surface area is 161 Å². The molecule has 1 aromatic carbocycles. The smallest absolute Gasteiger partial charge is 0.332 e. The van der Waals surface area contributed by atoms with Crippen LogP contribution in [0.5, 0.6) is 0 Å². The zero-order valence-corrected chi connectivity index (χ0v) is 15.8. The van der Waals surface area contributed by atoms with Crippen molar-refractivity contribution in [3.8, 4) is 6.07 Å². The zero-order chi connectivity index (χ0) is 20.3. The van der Waals surface area contributed by atoms with Crippen LogP contribution in [-0.2, 0) is 18.8 Å². The summed E-state index contributed by atoms with van der Waals surface area (Å²) in [5.41, 5.74) is -0.548. The fourth-order valence-electron chi connectivity index (χ4n) is 3.41. The summed E-state index contributed by atoms with van der Waals surface area (Å²) in [5, 5.41) is 12.5. The summed E-state index contributed by atoms with van der Waals surface area (Å²) >= 11 is 0. The van der Waals surface area contributed by atoms with E-state index in [1.165, 1.54) is 30.8 Å². The largest absolute Gasteiger partial charge is 0.379 e. The Hall–Kier alpha value is -2.96. The molecule has 1 atom stereocenters. The van der Waals surface area contributed by atoms with Gasteiger partial charge < -0.3 is 10.1 Å². The van der Waals surface area contributed by atoms with Gasteiger partial charge in [-0.05, 0) is 17.7 Å². The molecule has 0 radical (unpaired) electrons. The topological polar surface area (TPSA) is 92.3 Å². The molecule has 28 heavy (non-hydrogen) atoms.